The molecule has 0 radical (unpaired) electrons. The summed E-state index contributed by atoms with van der Waals surface area (Å²) in [4.78, 5) is 0. The van der Waals surface area contributed by atoms with Crippen LogP contribution in [0.4, 0.5) is 0 Å². The molecule has 0 spiro atoms. The molecule has 71 heavy (non-hydrogen) atoms. The van der Waals surface area contributed by atoms with Gasteiger partial charge in [-0.3, -0.25) is 0 Å². The third kappa shape index (κ3) is 14.3. The Morgan fingerprint density at radius 2 is 0.944 bits per heavy atom. The molecule has 7 aromatic carbocycles. The topological polar surface area (TPSA) is 57.4 Å². The van der Waals surface area contributed by atoms with Crippen LogP contribution < -0.4 is 21.3 Å². The van der Waals surface area contributed by atoms with Gasteiger partial charge in [0.25, 0.3) is 0 Å². The van der Waals surface area contributed by atoms with Crippen LogP contribution in [0.25, 0.3) is 0 Å². The summed E-state index contributed by atoms with van der Waals surface area (Å²) in [6.45, 7) is 9.54. The second-order valence-electron chi connectivity index (χ2n) is 19.0. The van der Waals surface area contributed by atoms with Crippen LogP contribution >= 0.6 is 23.5 Å². The monoisotopic (exact) mass is 979 g/mol. The first-order valence-corrected chi connectivity index (χ1v) is 27.9. The van der Waals surface area contributed by atoms with E-state index in [1.165, 1.54) is 38.9 Å². The van der Waals surface area contributed by atoms with E-state index >= 15 is 0 Å². The van der Waals surface area contributed by atoms with Gasteiger partial charge in [-0.15, -0.1) is 23.5 Å². The molecule has 1 aliphatic heterocycles. The van der Waals surface area contributed by atoms with Crippen LogP contribution in [0.2, 0.25) is 0 Å². The van der Waals surface area contributed by atoms with Crippen molar-refractivity contribution in [2.24, 2.45) is 5.92 Å². The van der Waals surface area contributed by atoms with Gasteiger partial charge in [-0.1, -0.05) is 238 Å². The van der Waals surface area contributed by atoms with Crippen LogP contribution in [-0.2, 0) is 20.7 Å². The van der Waals surface area contributed by atoms with Crippen molar-refractivity contribution in [1.29, 1.82) is 0 Å². The van der Waals surface area contributed by atoms with E-state index in [1.54, 1.807) is 0 Å². The Morgan fingerprint density at radius 1 is 0.507 bits per heavy atom. The molecule has 368 valence electrons. The number of benzene rings is 7. The third-order valence-electron chi connectivity index (χ3n) is 13.8. The fourth-order valence-corrected chi connectivity index (χ4v) is 13.0. The normalized spacial score (nSPS) is 19.1. The number of hydrogen-bond donors (Lipinski definition) is 4. The van der Waals surface area contributed by atoms with Crippen LogP contribution in [0.5, 0.6) is 0 Å². The quantitative estimate of drug-likeness (QED) is 0.0412. The van der Waals surface area contributed by atoms with Gasteiger partial charge in [0.2, 0.25) is 0 Å². The van der Waals surface area contributed by atoms with Crippen molar-refractivity contribution >= 4 is 23.5 Å². The molecule has 0 aromatic heterocycles. The number of rotatable bonds is 17. The fourth-order valence-electron chi connectivity index (χ4n) is 9.95. The number of hydrogen-bond acceptors (Lipinski definition) is 7. The van der Waals surface area contributed by atoms with Gasteiger partial charge in [0.05, 0.1) is 22.2 Å². The average Bonchev–Trinajstić information content (AvgIpc) is 3.43. The molecule has 4 N–H and O–H groups in total. The second-order valence-corrected chi connectivity index (χ2v) is 21.6. The Balaban J connectivity index is 1.00. The van der Waals surface area contributed by atoms with Gasteiger partial charge in [-0.25, -0.2) is 0 Å². The summed E-state index contributed by atoms with van der Waals surface area (Å²) < 4.78 is 5.98. The predicted octanol–water partition coefficient (Wildman–Crippen LogP) is 12.5. The maximum Gasteiger partial charge on any atom is 0.0907 e. The van der Waals surface area contributed by atoms with Crippen molar-refractivity contribution < 1.29 is 4.74 Å². The molecule has 5 nitrogen and oxygen atoms in total. The molecule has 0 amide bonds. The summed E-state index contributed by atoms with van der Waals surface area (Å²) in [5, 5.41) is 16.0. The molecule has 1 heterocycles. The number of allylic oxidation sites excluding steroid dienone is 1. The highest BCUT2D eigenvalue weighted by Gasteiger charge is 2.38. The lowest BCUT2D eigenvalue weighted by Gasteiger charge is -2.37. The summed E-state index contributed by atoms with van der Waals surface area (Å²) in [6.07, 6.45) is 7.45. The first-order chi connectivity index (χ1) is 35.0. The van der Waals surface area contributed by atoms with Crippen molar-refractivity contribution in [1.82, 2.24) is 21.3 Å². The zero-order valence-electron chi connectivity index (χ0n) is 41.8. The summed E-state index contributed by atoms with van der Waals surface area (Å²) in [5.41, 5.74) is 9.11. The Bertz CT molecular complexity index is 2360. The zero-order chi connectivity index (χ0) is 48.8. The van der Waals surface area contributed by atoms with E-state index in [1.807, 2.05) is 23.5 Å². The van der Waals surface area contributed by atoms with Gasteiger partial charge in [0.1, 0.15) is 0 Å². The molecule has 0 aliphatic carbocycles. The molecule has 0 unspecified atom stereocenters. The van der Waals surface area contributed by atoms with Crippen molar-refractivity contribution in [3.63, 3.8) is 0 Å². The molecule has 1 fully saturated rings. The van der Waals surface area contributed by atoms with Gasteiger partial charge >= 0.3 is 0 Å². The van der Waals surface area contributed by atoms with Gasteiger partial charge in [0, 0.05) is 50.1 Å². The van der Waals surface area contributed by atoms with E-state index < -0.39 is 4.75 Å². The molecule has 1 saturated heterocycles. The SMILES string of the molecule is CC(C)[C@@H]1CNCCO[C@H](/C=C/CCSC(c2ccccc2)(c2ccccc2)c2ccccc2)CCN[C@H](Cc2ccccc2)CN[C@H](CSC(c2ccccc2)(c2ccccc2)c2ccccc2)CN1. The lowest BCUT2D eigenvalue weighted by atomic mass is 9.84. The molecule has 1 aliphatic rings. The van der Waals surface area contributed by atoms with Crippen molar-refractivity contribution in [2.45, 2.75) is 66.8 Å². The van der Waals surface area contributed by atoms with Crippen molar-refractivity contribution in [3.8, 4) is 0 Å². The van der Waals surface area contributed by atoms with Crippen LogP contribution in [0.15, 0.2) is 224 Å². The highest BCUT2D eigenvalue weighted by atomic mass is 32.2. The molecular weight excluding hydrogens is 905 g/mol. The Hall–Kier alpha value is -5.22. The number of thioether (sulfide) groups is 2. The molecule has 8 rings (SSSR count). The molecule has 0 saturated carbocycles. The molecular formula is C64H74N4OS2. The van der Waals surface area contributed by atoms with Crippen LogP contribution in [0.3, 0.4) is 0 Å². The number of ether oxygens (including phenoxy) is 1. The first-order valence-electron chi connectivity index (χ1n) is 25.9. The van der Waals surface area contributed by atoms with E-state index in [9.17, 15) is 0 Å². The lowest BCUT2D eigenvalue weighted by molar-refractivity contribution is 0.0800. The molecule has 7 heteroatoms. The van der Waals surface area contributed by atoms with Gasteiger partial charge in [0.15, 0.2) is 0 Å². The Morgan fingerprint density at radius 3 is 1.41 bits per heavy atom. The highest BCUT2D eigenvalue weighted by Crippen LogP contribution is 2.50. The fraction of sp³-hybridized carbons (Fsp3) is 0.312. The van der Waals surface area contributed by atoms with E-state index in [4.69, 9.17) is 4.74 Å². The lowest BCUT2D eigenvalue weighted by Crippen LogP contribution is -2.52. The summed E-state index contributed by atoms with van der Waals surface area (Å²) >= 11 is 4.06. The number of nitrogens with one attached hydrogen (secondary N) is 4. The smallest absolute Gasteiger partial charge is 0.0907 e. The minimum Gasteiger partial charge on any atom is -0.373 e. The van der Waals surface area contributed by atoms with E-state index in [2.05, 4.69) is 260 Å². The minimum atomic E-state index is -0.391. The second kappa shape index (κ2) is 27.6. The molecule has 0 bridgehead atoms. The third-order valence-corrected chi connectivity index (χ3v) is 17.1. The van der Waals surface area contributed by atoms with Crippen LogP contribution in [-0.4, -0.2) is 75.1 Å². The van der Waals surface area contributed by atoms with E-state index in [0.29, 0.717) is 18.6 Å². The summed E-state index contributed by atoms with van der Waals surface area (Å²) in [5.74, 6) is 2.32. The Labute approximate surface area is 434 Å². The largest absolute Gasteiger partial charge is 0.373 e. The van der Waals surface area contributed by atoms with Crippen LogP contribution in [0.1, 0.15) is 65.6 Å². The molecule has 4 atom stereocenters. The minimum absolute atomic E-state index is 0.0000747. The predicted molar refractivity (Wildman–Crippen MR) is 305 cm³/mol. The van der Waals surface area contributed by atoms with Crippen molar-refractivity contribution in [3.05, 3.63) is 263 Å². The van der Waals surface area contributed by atoms with Gasteiger partial charge in [-0.05, 0) is 76.4 Å². The maximum absolute atomic E-state index is 6.70. The van der Waals surface area contributed by atoms with Gasteiger partial charge in [-0.2, -0.15) is 0 Å². The molecule has 7 aromatic rings. The van der Waals surface area contributed by atoms with Crippen molar-refractivity contribution in [2.75, 3.05) is 50.8 Å². The highest BCUT2D eigenvalue weighted by molar-refractivity contribution is 8.00. The van der Waals surface area contributed by atoms with Gasteiger partial charge < -0.3 is 26.0 Å². The van der Waals surface area contributed by atoms with E-state index in [0.717, 1.165) is 63.5 Å². The average molecular weight is 979 g/mol. The summed E-state index contributed by atoms with van der Waals surface area (Å²) in [7, 11) is 0. The zero-order valence-corrected chi connectivity index (χ0v) is 43.4. The maximum atomic E-state index is 6.70. The van der Waals surface area contributed by atoms with Crippen LogP contribution in [0, 0.1) is 5.92 Å². The summed E-state index contributed by atoms with van der Waals surface area (Å²) in [6, 6.07) is 78.0. The Kier molecular flexibility index (Phi) is 20.2. The standard InChI is InChI=1S/C64H74N4OS2/c1-51(2)62-49-65-43-44-69-61(40-24-25-45-70-63(53-28-12-4-13-29-53,54-30-14-5-15-31-54)55-32-16-6-17-33-55)41-42-66-59(46-52-26-10-3-11-27-52)47-67-60(48-68-62)50-71-64(56-34-18-7-19-35-56,57-36-20-8-21-37-57)58-38-22-9-23-39-58/h3-24,26-40,51,59-62,65-68H,25,41-50H2,1-2H3/b40-24+/t59-,60+,61-,62+/m1/s1. The first kappa shape index (κ1) is 52.1. The van der Waals surface area contributed by atoms with E-state index in [-0.39, 0.29) is 22.9 Å².